The fraction of sp³-hybridized carbons (Fsp3) is 0.120. The lowest BCUT2D eigenvalue weighted by atomic mass is 10.0. The highest BCUT2D eigenvalue weighted by Crippen LogP contribution is 2.40. The van der Waals surface area contributed by atoms with Crippen molar-refractivity contribution in [3.05, 3.63) is 95.6 Å². The average molecular weight is 430 g/mol. The summed E-state index contributed by atoms with van der Waals surface area (Å²) in [5.74, 6) is -1.70. The highest BCUT2D eigenvalue weighted by atomic mass is 16.5. The topological polar surface area (TPSA) is 109 Å². The van der Waals surface area contributed by atoms with Gasteiger partial charge in [-0.2, -0.15) is 5.11 Å². The smallest absolute Gasteiger partial charge is 0.330 e. The van der Waals surface area contributed by atoms with Gasteiger partial charge in [0.05, 0.1) is 17.9 Å². The van der Waals surface area contributed by atoms with Crippen molar-refractivity contribution < 1.29 is 24.5 Å². The van der Waals surface area contributed by atoms with Gasteiger partial charge < -0.3 is 14.9 Å². The first-order chi connectivity index (χ1) is 15.4. The Hall–Kier alpha value is -4.26. The number of aryl methyl sites for hydroxylation is 1. The molecule has 0 aliphatic heterocycles. The van der Waals surface area contributed by atoms with E-state index < -0.39 is 17.5 Å². The van der Waals surface area contributed by atoms with E-state index in [9.17, 15) is 19.8 Å². The Morgan fingerprint density at radius 3 is 2.50 bits per heavy atom. The average Bonchev–Trinajstić information content (AvgIpc) is 2.80. The lowest BCUT2D eigenvalue weighted by Crippen LogP contribution is -2.04. The molecule has 0 atom stereocenters. The van der Waals surface area contributed by atoms with Gasteiger partial charge in [-0.3, -0.25) is 4.79 Å². The number of nitrogens with zero attached hydrogens (tertiary/aromatic N) is 2. The monoisotopic (exact) mass is 430 g/mol. The van der Waals surface area contributed by atoms with E-state index in [4.69, 9.17) is 4.74 Å². The number of rotatable bonds is 8. The van der Waals surface area contributed by atoms with E-state index in [1.807, 2.05) is 19.1 Å². The van der Waals surface area contributed by atoms with Crippen molar-refractivity contribution in [1.82, 2.24) is 0 Å². The van der Waals surface area contributed by atoms with Crippen molar-refractivity contribution in [3.8, 4) is 11.5 Å². The predicted molar refractivity (Wildman–Crippen MR) is 120 cm³/mol. The van der Waals surface area contributed by atoms with E-state index in [2.05, 4.69) is 16.8 Å². The van der Waals surface area contributed by atoms with Crippen LogP contribution in [0.15, 0.2) is 83.5 Å². The van der Waals surface area contributed by atoms with Gasteiger partial charge in [0.2, 0.25) is 0 Å². The zero-order chi connectivity index (χ0) is 23.1. The van der Waals surface area contributed by atoms with Crippen LogP contribution in [0.5, 0.6) is 11.5 Å². The van der Waals surface area contributed by atoms with E-state index in [1.54, 1.807) is 36.4 Å². The third kappa shape index (κ3) is 5.26. The predicted octanol–water partition coefficient (Wildman–Crippen LogP) is 5.32. The SMILES string of the molecule is C=CC(=O)OCCc1cc(C)ccc1N=Nc1c(O)ccc(C(=O)c2ccccc2)c1O. The van der Waals surface area contributed by atoms with Crippen molar-refractivity contribution >= 4 is 23.1 Å². The molecule has 32 heavy (non-hydrogen) atoms. The molecule has 0 radical (unpaired) electrons. The molecule has 3 aromatic carbocycles. The molecule has 0 bridgehead atoms. The number of hydrogen-bond donors (Lipinski definition) is 2. The van der Waals surface area contributed by atoms with E-state index in [0.29, 0.717) is 17.7 Å². The Morgan fingerprint density at radius 2 is 1.78 bits per heavy atom. The van der Waals surface area contributed by atoms with Crippen molar-refractivity contribution in [3.63, 3.8) is 0 Å². The zero-order valence-electron chi connectivity index (χ0n) is 17.5. The second-order valence-electron chi connectivity index (χ2n) is 6.98. The number of carbonyl (C=O) groups excluding carboxylic acids is 2. The highest BCUT2D eigenvalue weighted by Gasteiger charge is 2.19. The number of hydrogen-bond acceptors (Lipinski definition) is 7. The molecule has 0 amide bonds. The maximum atomic E-state index is 12.7. The molecule has 0 aliphatic carbocycles. The fourth-order valence-corrected chi connectivity index (χ4v) is 3.03. The molecule has 7 heteroatoms. The second kappa shape index (κ2) is 10.2. The molecular weight excluding hydrogens is 408 g/mol. The summed E-state index contributed by atoms with van der Waals surface area (Å²) in [6.07, 6.45) is 1.48. The van der Waals surface area contributed by atoms with Gasteiger partial charge in [-0.1, -0.05) is 54.6 Å². The molecule has 0 aromatic heterocycles. The van der Waals surface area contributed by atoms with Crippen molar-refractivity contribution in [2.24, 2.45) is 10.2 Å². The molecule has 3 rings (SSSR count). The first-order valence-electron chi connectivity index (χ1n) is 9.86. The quantitative estimate of drug-likeness (QED) is 0.217. The Bertz CT molecular complexity index is 1190. The van der Waals surface area contributed by atoms with Crippen LogP contribution in [0.4, 0.5) is 11.4 Å². The Balaban J connectivity index is 1.90. The van der Waals surface area contributed by atoms with Crippen LogP contribution in [-0.4, -0.2) is 28.6 Å². The summed E-state index contributed by atoms with van der Waals surface area (Å²) in [6.45, 7) is 5.40. The molecule has 162 valence electrons. The summed E-state index contributed by atoms with van der Waals surface area (Å²) in [5.41, 5.74) is 2.41. The zero-order valence-corrected chi connectivity index (χ0v) is 17.5. The van der Waals surface area contributed by atoms with Gasteiger partial charge >= 0.3 is 5.97 Å². The molecule has 0 spiro atoms. The van der Waals surface area contributed by atoms with Crippen LogP contribution in [0.2, 0.25) is 0 Å². The van der Waals surface area contributed by atoms with Crippen molar-refractivity contribution in [2.45, 2.75) is 13.3 Å². The van der Waals surface area contributed by atoms with Crippen LogP contribution >= 0.6 is 0 Å². The van der Waals surface area contributed by atoms with Gasteiger partial charge in [0, 0.05) is 18.1 Å². The molecule has 0 heterocycles. The van der Waals surface area contributed by atoms with Gasteiger partial charge in [0.1, 0.15) is 5.75 Å². The molecule has 7 nitrogen and oxygen atoms in total. The van der Waals surface area contributed by atoms with Crippen LogP contribution < -0.4 is 0 Å². The van der Waals surface area contributed by atoms with Crippen LogP contribution in [0, 0.1) is 6.92 Å². The number of benzene rings is 3. The molecule has 3 aromatic rings. The standard InChI is InChI=1S/C25H22N2O5/c1-3-22(29)32-14-13-18-15-16(2)9-11-20(18)26-27-23-21(28)12-10-19(25(23)31)24(30)17-7-5-4-6-8-17/h3-12,15,28,31H,1,13-14H2,2H3. The van der Waals surface area contributed by atoms with E-state index >= 15 is 0 Å². The number of aromatic hydroxyl groups is 2. The largest absolute Gasteiger partial charge is 0.505 e. The summed E-state index contributed by atoms with van der Waals surface area (Å²) < 4.78 is 5.03. The first-order valence-corrected chi connectivity index (χ1v) is 9.86. The number of ketones is 1. The maximum absolute atomic E-state index is 12.7. The van der Waals surface area contributed by atoms with E-state index in [0.717, 1.165) is 17.2 Å². The van der Waals surface area contributed by atoms with Gasteiger partial charge in [0.15, 0.2) is 17.2 Å². The number of esters is 1. The molecule has 0 saturated carbocycles. The van der Waals surface area contributed by atoms with Crippen LogP contribution in [0.3, 0.4) is 0 Å². The minimum atomic E-state index is -0.518. The Kier molecular flexibility index (Phi) is 7.13. The number of phenolic OH excluding ortho intramolecular Hbond substituents is 2. The van der Waals surface area contributed by atoms with Crippen LogP contribution in [0.1, 0.15) is 27.0 Å². The molecule has 0 fully saturated rings. The number of azo groups is 1. The van der Waals surface area contributed by atoms with Gasteiger partial charge in [-0.05, 0) is 30.7 Å². The first kappa shape index (κ1) is 22.4. The molecule has 0 aliphatic rings. The Labute approximate surface area is 185 Å². The number of ether oxygens (including phenoxy) is 1. The number of phenols is 2. The molecule has 0 unspecified atom stereocenters. The Morgan fingerprint density at radius 1 is 1.03 bits per heavy atom. The van der Waals surface area contributed by atoms with Gasteiger partial charge in [0.25, 0.3) is 0 Å². The maximum Gasteiger partial charge on any atom is 0.330 e. The fourth-order valence-electron chi connectivity index (χ4n) is 3.03. The summed E-state index contributed by atoms with van der Waals surface area (Å²) in [6, 6.07) is 16.6. The highest BCUT2D eigenvalue weighted by molar-refractivity contribution is 6.11. The molecule has 2 N–H and O–H groups in total. The van der Waals surface area contributed by atoms with Gasteiger partial charge in [-0.15, -0.1) is 5.11 Å². The third-order valence-electron chi connectivity index (χ3n) is 4.69. The van der Waals surface area contributed by atoms with Crippen molar-refractivity contribution in [1.29, 1.82) is 0 Å². The lowest BCUT2D eigenvalue weighted by Gasteiger charge is -2.09. The third-order valence-corrected chi connectivity index (χ3v) is 4.69. The van der Waals surface area contributed by atoms with E-state index in [1.165, 1.54) is 12.1 Å². The van der Waals surface area contributed by atoms with Crippen LogP contribution in [0.25, 0.3) is 0 Å². The summed E-state index contributed by atoms with van der Waals surface area (Å²) in [5, 5.41) is 29.0. The molecule has 0 saturated heterocycles. The summed E-state index contributed by atoms with van der Waals surface area (Å²) in [7, 11) is 0. The summed E-state index contributed by atoms with van der Waals surface area (Å²) >= 11 is 0. The number of carbonyl (C=O) groups is 2. The summed E-state index contributed by atoms with van der Waals surface area (Å²) in [4.78, 5) is 24.0. The normalized spacial score (nSPS) is 10.8. The van der Waals surface area contributed by atoms with E-state index in [-0.39, 0.29) is 23.6 Å². The van der Waals surface area contributed by atoms with Crippen molar-refractivity contribution in [2.75, 3.05) is 6.61 Å². The van der Waals surface area contributed by atoms with Crippen LogP contribution in [-0.2, 0) is 16.0 Å². The second-order valence-corrected chi connectivity index (χ2v) is 6.98. The van der Waals surface area contributed by atoms with Gasteiger partial charge in [-0.25, -0.2) is 4.79 Å². The minimum Gasteiger partial charge on any atom is -0.505 e. The molecular formula is C25H22N2O5. The lowest BCUT2D eigenvalue weighted by molar-refractivity contribution is -0.137. The minimum absolute atomic E-state index is 0.00316.